The minimum absolute atomic E-state index is 0.00903. The van der Waals surface area contributed by atoms with Crippen LogP contribution < -0.4 is 10.6 Å². The number of nitrogens with zero attached hydrogens (tertiary/aromatic N) is 3. The van der Waals surface area contributed by atoms with Crippen molar-refractivity contribution in [1.29, 1.82) is 15.8 Å². The van der Waals surface area contributed by atoms with Crippen LogP contribution in [-0.4, -0.2) is 7.05 Å². The highest BCUT2D eigenvalue weighted by Crippen LogP contribution is 2.30. The molecule has 0 atom stereocenters. The molecule has 0 spiro atoms. The van der Waals surface area contributed by atoms with Crippen molar-refractivity contribution in [1.82, 2.24) is 0 Å². The van der Waals surface area contributed by atoms with Gasteiger partial charge in [-0.25, -0.2) is 4.39 Å². The molecule has 0 aliphatic heterocycles. The highest BCUT2D eigenvalue weighted by Gasteiger charge is 2.13. The SMILES string of the molecule is CNc1cc(Br)cc(F)c1NC(C#N)=C(C#N)C#N. The molecule has 2 N–H and O–H groups in total. The maximum Gasteiger partial charge on any atom is 0.163 e. The zero-order valence-corrected chi connectivity index (χ0v) is 11.3. The Kier molecular flexibility index (Phi) is 4.88. The molecule has 94 valence electrons. The zero-order chi connectivity index (χ0) is 14.4. The van der Waals surface area contributed by atoms with E-state index in [-0.39, 0.29) is 11.4 Å². The van der Waals surface area contributed by atoms with Crippen LogP contribution in [0.3, 0.4) is 0 Å². The highest BCUT2D eigenvalue weighted by atomic mass is 79.9. The number of benzene rings is 1. The molecule has 0 saturated carbocycles. The fourth-order valence-electron chi connectivity index (χ4n) is 1.31. The Labute approximate surface area is 117 Å². The maximum absolute atomic E-state index is 13.8. The van der Waals surface area contributed by atoms with Crippen LogP contribution in [0.1, 0.15) is 0 Å². The number of nitrogens with one attached hydrogen (secondary N) is 2. The predicted octanol–water partition coefficient (Wildman–Crippen LogP) is 2.87. The second-order valence-corrected chi connectivity index (χ2v) is 4.19. The zero-order valence-electron chi connectivity index (χ0n) is 9.75. The monoisotopic (exact) mass is 319 g/mol. The average Bonchev–Trinajstić information content (AvgIpc) is 2.40. The molecule has 0 aliphatic carbocycles. The van der Waals surface area contributed by atoms with Crippen molar-refractivity contribution >= 4 is 27.3 Å². The van der Waals surface area contributed by atoms with Crippen molar-refractivity contribution in [3.05, 3.63) is 33.7 Å². The quantitative estimate of drug-likeness (QED) is 0.835. The summed E-state index contributed by atoms with van der Waals surface area (Å²) in [6.45, 7) is 0. The summed E-state index contributed by atoms with van der Waals surface area (Å²) >= 11 is 3.14. The Hall–Kier alpha value is -2.56. The molecule has 0 radical (unpaired) electrons. The molecule has 5 nitrogen and oxygen atoms in total. The van der Waals surface area contributed by atoms with Crippen molar-refractivity contribution in [2.75, 3.05) is 17.7 Å². The van der Waals surface area contributed by atoms with Gasteiger partial charge in [0.15, 0.2) is 5.57 Å². The fourth-order valence-corrected chi connectivity index (χ4v) is 1.74. The number of hydrogen-bond donors (Lipinski definition) is 2. The smallest absolute Gasteiger partial charge is 0.163 e. The topological polar surface area (TPSA) is 95.4 Å². The van der Waals surface area contributed by atoms with Crippen molar-refractivity contribution in [2.45, 2.75) is 0 Å². The van der Waals surface area contributed by atoms with Gasteiger partial charge in [0.25, 0.3) is 0 Å². The van der Waals surface area contributed by atoms with Crippen LogP contribution in [0, 0.1) is 39.8 Å². The van der Waals surface area contributed by atoms with Crippen molar-refractivity contribution in [2.24, 2.45) is 0 Å². The van der Waals surface area contributed by atoms with Crippen LogP contribution in [0.15, 0.2) is 27.9 Å². The lowest BCUT2D eigenvalue weighted by Crippen LogP contribution is -2.06. The Morgan fingerprint density at radius 1 is 1.21 bits per heavy atom. The highest BCUT2D eigenvalue weighted by molar-refractivity contribution is 9.10. The van der Waals surface area contributed by atoms with Gasteiger partial charge in [0.2, 0.25) is 0 Å². The lowest BCUT2D eigenvalue weighted by Gasteiger charge is -2.12. The van der Waals surface area contributed by atoms with Gasteiger partial charge in [-0.2, -0.15) is 15.8 Å². The Morgan fingerprint density at radius 3 is 2.32 bits per heavy atom. The first kappa shape index (κ1) is 14.5. The van der Waals surface area contributed by atoms with E-state index < -0.39 is 11.4 Å². The van der Waals surface area contributed by atoms with Crippen LogP contribution in [0.2, 0.25) is 0 Å². The summed E-state index contributed by atoms with van der Waals surface area (Å²) in [6.07, 6.45) is 0. The molecule has 0 unspecified atom stereocenters. The number of hydrogen-bond acceptors (Lipinski definition) is 5. The van der Waals surface area contributed by atoms with Gasteiger partial charge in [-0.3, -0.25) is 0 Å². The number of halogens is 2. The molecule has 0 amide bonds. The van der Waals surface area contributed by atoms with E-state index in [9.17, 15) is 4.39 Å². The standard InChI is InChI=1S/C12H7BrFN5/c1-18-10-3-8(13)2-9(14)12(10)19-11(6-17)7(4-15)5-16/h2-3,18-19H,1H3. The van der Waals surface area contributed by atoms with Crippen LogP contribution in [-0.2, 0) is 0 Å². The number of rotatable bonds is 3. The van der Waals surface area contributed by atoms with E-state index in [0.29, 0.717) is 10.2 Å². The first-order valence-corrected chi connectivity index (χ1v) is 5.75. The average molecular weight is 320 g/mol. The van der Waals surface area contributed by atoms with Gasteiger partial charge in [-0.1, -0.05) is 15.9 Å². The molecule has 0 aliphatic rings. The third kappa shape index (κ3) is 3.22. The largest absolute Gasteiger partial charge is 0.386 e. The summed E-state index contributed by atoms with van der Waals surface area (Å²) in [6, 6.07) is 7.61. The molecule has 1 aromatic rings. The lowest BCUT2D eigenvalue weighted by atomic mass is 10.2. The Balaban J connectivity index is 3.36. The summed E-state index contributed by atoms with van der Waals surface area (Å²) in [5.41, 5.74) is -0.338. The van der Waals surface area contributed by atoms with E-state index in [1.807, 2.05) is 0 Å². The molecule has 1 aromatic carbocycles. The number of nitriles is 3. The summed E-state index contributed by atoms with van der Waals surface area (Å²) in [7, 11) is 1.58. The van der Waals surface area contributed by atoms with Crippen LogP contribution in [0.4, 0.5) is 15.8 Å². The minimum atomic E-state index is -0.623. The van der Waals surface area contributed by atoms with Gasteiger partial charge in [0.05, 0.1) is 11.4 Å². The van der Waals surface area contributed by atoms with Gasteiger partial charge in [0, 0.05) is 11.5 Å². The molecular weight excluding hydrogens is 313 g/mol. The van der Waals surface area contributed by atoms with Gasteiger partial charge in [0.1, 0.15) is 29.7 Å². The molecule has 0 heterocycles. The molecule has 0 aromatic heterocycles. The molecular formula is C12H7BrFN5. The van der Waals surface area contributed by atoms with E-state index in [0.717, 1.165) is 0 Å². The summed E-state index contributed by atoms with van der Waals surface area (Å²) in [5.74, 6) is -0.623. The van der Waals surface area contributed by atoms with E-state index in [4.69, 9.17) is 15.8 Å². The maximum atomic E-state index is 13.8. The van der Waals surface area contributed by atoms with Crippen molar-refractivity contribution in [3.8, 4) is 18.2 Å². The van der Waals surface area contributed by atoms with Gasteiger partial charge in [-0.05, 0) is 12.1 Å². The molecule has 7 heteroatoms. The Morgan fingerprint density at radius 2 is 1.84 bits per heavy atom. The van der Waals surface area contributed by atoms with Crippen molar-refractivity contribution < 1.29 is 4.39 Å². The Bertz CT molecular complexity index is 644. The molecule has 1 rings (SSSR count). The van der Waals surface area contributed by atoms with E-state index in [2.05, 4.69) is 26.6 Å². The van der Waals surface area contributed by atoms with Crippen LogP contribution >= 0.6 is 15.9 Å². The van der Waals surface area contributed by atoms with E-state index in [1.54, 1.807) is 31.3 Å². The number of allylic oxidation sites excluding steroid dienone is 2. The second kappa shape index (κ2) is 6.39. The lowest BCUT2D eigenvalue weighted by molar-refractivity contribution is 0.631. The molecule has 19 heavy (non-hydrogen) atoms. The molecule has 0 bridgehead atoms. The predicted molar refractivity (Wildman–Crippen MR) is 71.1 cm³/mol. The van der Waals surface area contributed by atoms with Crippen LogP contribution in [0.25, 0.3) is 0 Å². The van der Waals surface area contributed by atoms with Gasteiger partial charge in [-0.15, -0.1) is 0 Å². The minimum Gasteiger partial charge on any atom is -0.386 e. The van der Waals surface area contributed by atoms with Crippen LogP contribution in [0.5, 0.6) is 0 Å². The summed E-state index contributed by atoms with van der Waals surface area (Å²) in [5, 5.41) is 31.5. The second-order valence-electron chi connectivity index (χ2n) is 3.27. The molecule has 0 fully saturated rings. The third-order valence-corrected chi connectivity index (χ3v) is 2.62. The van der Waals surface area contributed by atoms with E-state index in [1.165, 1.54) is 6.07 Å². The van der Waals surface area contributed by atoms with Gasteiger partial charge >= 0.3 is 0 Å². The van der Waals surface area contributed by atoms with Gasteiger partial charge < -0.3 is 10.6 Å². The first-order chi connectivity index (χ1) is 9.07. The normalized spacial score (nSPS) is 8.63. The summed E-state index contributed by atoms with van der Waals surface area (Å²) in [4.78, 5) is 0. The third-order valence-electron chi connectivity index (χ3n) is 2.16. The molecule has 0 saturated heterocycles. The fraction of sp³-hybridized carbons (Fsp3) is 0.0833. The first-order valence-electron chi connectivity index (χ1n) is 4.95. The van der Waals surface area contributed by atoms with E-state index >= 15 is 0 Å². The number of anilines is 2. The summed E-state index contributed by atoms with van der Waals surface area (Å²) < 4.78 is 14.4. The van der Waals surface area contributed by atoms with Crippen molar-refractivity contribution in [3.63, 3.8) is 0 Å².